The van der Waals surface area contributed by atoms with E-state index in [1.54, 1.807) is 0 Å². The van der Waals surface area contributed by atoms with Crippen LogP contribution in [0.1, 0.15) is 52.4 Å². The van der Waals surface area contributed by atoms with Crippen molar-refractivity contribution in [1.82, 2.24) is 10.2 Å². The maximum Gasteiger partial charge on any atom is 0.0724 e. The molecule has 0 spiro atoms. The Hall–Kier alpha value is -0.120. The van der Waals surface area contributed by atoms with Gasteiger partial charge in [0.25, 0.3) is 0 Å². The molecule has 3 atom stereocenters. The van der Waals surface area contributed by atoms with Gasteiger partial charge in [0.2, 0.25) is 0 Å². The number of nitrogens with one attached hydrogen (secondary N) is 1. The summed E-state index contributed by atoms with van der Waals surface area (Å²) in [6, 6.07) is 2.00. The van der Waals surface area contributed by atoms with Gasteiger partial charge in [-0.2, -0.15) is 0 Å². The first-order valence-corrected chi connectivity index (χ1v) is 7.73. The molecule has 1 N–H and O–H groups in total. The lowest BCUT2D eigenvalue weighted by atomic mass is 10.1. The van der Waals surface area contributed by atoms with Gasteiger partial charge in [-0.25, -0.2) is 0 Å². The summed E-state index contributed by atoms with van der Waals surface area (Å²) in [4.78, 5) is 2.62. The molecule has 3 heteroatoms. The molecular formula is C15H30N2O. The predicted octanol–water partition coefficient (Wildman–Crippen LogP) is 2.41. The van der Waals surface area contributed by atoms with Crippen LogP contribution in [-0.4, -0.2) is 49.3 Å². The van der Waals surface area contributed by atoms with E-state index in [9.17, 15) is 0 Å². The number of likely N-dealkylation sites (tertiary alicyclic amines) is 1. The fourth-order valence-corrected chi connectivity index (χ4v) is 3.50. The van der Waals surface area contributed by atoms with Crippen molar-refractivity contribution < 1.29 is 4.74 Å². The average Bonchev–Trinajstić information content (AvgIpc) is 2.65. The first kappa shape index (κ1) is 14.3. The van der Waals surface area contributed by atoms with Crippen LogP contribution in [0.15, 0.2) is 0 Å². The molecule has 106 valence electrons. The van der Waals surface area contributed by atoms with E-state index in [0.717, 1.165) is 0 Å². The van der Waals surface area contributed by atoms with Crippen molar-refractivity contribution in [3.63, 3.8) is 0 Å². The zero-order valence-corrected chi connectivity index (χ0v) is 12.3. The van der Waals surface area contributed by atoms with Crippen LogP contribution in [0.25, 0.3) is 0 Å². The fraction of sp³-hybridized carbons (Fsp3) is 1.00. The second-order valence-corrected chi connectivity index (χ2v) is 6.24. The first-order chi connectivity index (χ1) is 8.70. The van der Waals surface area contributed by atoms with Gasteiger partial charge in [0, 0.05) is 25.2 Å². The Morgan fingerprint density at radius 3 is 2.61 bits per heavy atom. The van der Waals surface area contributed by atoms with Crippen molar-refractivity contribution in [2.24, 2.45) is 0 Å². The summed E-state index contributed by atoms with van der Waals surface area (Å²) in [6.07, 6.45) is 8.26. The summed E-state index contributed by atoms with van der Waals surface area (Å²) >= 11 is 0. The number of ether oxygens (including phenoxy) is 1. The van der Waals surface area contributed by atoms with Crippen LogP contribution in [0.4, 0.5) is 0 Å². The molecule has 1 saturated carbocycles. The maximum absolute atomic E-state index is 5.58. The summed E-state index contributed by atoms with van der Waals surface area (Å²) in [7, 11) is 1.86. The van der Waals surface area contributed by atoms with Gasteiger partial charge in [-0.05, 0) is 65.5 Å². The lowest BCUT2D eigenvalue weighted by molar-refractivity contribution is 0.0803. The predicted molar refractivity (Wildman–Crippen MR) is 75.9 cm³/mol. The number of methoxy groups -OCH3 is 1. The largest absolute Gasteiger partial charge is 0.380 e. The molecule has 1 saturated heterocycles. The highest BCUT2D eigenvalue weighted by atomic mass is 16.5. The van der Waals surface area contributed by atoms with Crippen LogP contribution in [0.5, 0.6) is 0 Å². The van der Waals surface area contributed by atoms with E-state index in [0.29, 0.717) is 24.2 Å². The van der Waals surface area contributed by atoms with Crippen LogP contribution in [0, 0.1) is 0 Å². The highest BCUT2D eigenvalue weighted by Gasteiger charge is 2.29. The lowest BCUT2D eigenvalue weighted by Crippen LogP contribution is -2.43. The molecule has 1 aliphatic carbocycles. The first-order valence-electron chi connectivity index (χ1n) is 7.73. The normalized spacial score (nSPS) is 35.0. The van der Waals surface area contributed by atoms with E-state index in [1.807, 2.05) is 7.11 Å². The van der Waals surface area contributed by atoms with Gasteiger partial charge >= 0.3 is 0 Å². The van der Waals surface area contributed by atoms with Crippen LogP contribution in [-0.2, 0) is 4.74 Å². The number of hydrogen-bond donors (Lipinski definition) is 1. The van der Waals surface area contributed by atoms with Crippen LogP contribution in [0.2, 0.25) is 0 Å². The Morgan fingerprint density at radius 2 is 1.89 bits per heavy atom. The van der Waals surface area contributed by atoms with Crippen molar-refractivity contribution >= 4 is 0 Å². The Labute approximate surface area is 112 Å². The van der Waals surface area contributed by atoms with Gasteiger partial charge in [-0.15, -0.1) is 0 Å². The zero-order valence-electron chi connectivity index (χ0n) is 12.3. The number of nitrogens with zero attached hydrogens (tertiary/aromatic N) is 1. The van der Waals surface area contributed by atoms with Crippen LogP contribution in [0.3, 0.4) is 0 Å². The number of rotatable bonds is 4. The van der Waals surface area contributed by atoms with Gasteiger partial charge in [0.1, 0.15) is 0 Å². The molecule has 1 aliphatic heterocycles. The third-order valence-corrected chi connectivity index (χ3v) is 4.70. The van der Waals surface area contributed by atoms with E-state index in [2.05, 4.69) is 24.1 Å². The molecule has 2 aliphatic rings. The number of hydrogen-bond acceptors (Lipinski definition) is 3. The van der Waals surface area contributed by atoms with Crippen molar-refractivity contribution in [3.05, 3.63) is 0 Å². The second kappa shape index (κ2) is 6.88. The molecule has 3 nitrogen and oxygen atoms in total. The molecule has 3 unspecified atom stereocenters. The monoisotopic (exact) mass is 254 g/mol. The molecule has 18 heavy (non-hydrogen) atoms. The Balaban J connectivity index is 1.79. The SMILES string of the molecule is COC1CCCC1NC1CCCN(C(C)C)CC1. The van der Waals surface area contributed by atoms with Gasteiger partial charge in [-0.3, -0.25) is 0 Å². The molecule has 0 aromatic carbocycles. The molecular weight excluding hydrogens is 224 g/mol. The van der Waals surface area contributed by atoms with E-state index in [-0.39, 0.29) is 0 Å². The third-order valence-electron chi connectivity index (χ3n) is 4.70. The minimum absolute atomic E-state index is 0.453. The van der Waals surface area contributed by atoms with Gasteiger partial charge in [-0.1, -0.05) is 0 Å². The summed E-state index contributed by atoms with van der Waals surface area (Å²) in [5, 5.41) is 3.87. The molecule has 2 fully saturated rings. The van der Waals surface area contributed by atoms with E-state index < -0.39 is 0 Å². The average molecular weight is 254 g/mol. The van der Waals surface area contributed by atoms with Gasteiger partial charge in [0.05, 0.1) is 6.10 Å². The van der Waals surface area contributed by atoms with Crippen molar-refractivity contribution in [1.29, 1.82) is 0 Å². The standard InChI is InChI=1S/C15H30N2O/c1-12(2)17-10-5-6-13(9-11-17)16-14-7-4-8-15(14)18-3/h12-16H,4-11H2,1-3H3. The second-order valence-electron chi connectivity index (χ2n) is 6.24. The quantitative estimate of drug-likeness (QED) is 0.834. The molecule has 1 heterocycles. The highest BCUT2D eigenvalue weighted by Crippen LogP contribution is 2.23. The summed E-state index contributed by atoms with van der Waals surface area (Å²) in [5.41, 5.74) is 0. The topological polar surface area (TPSA) is 24.5 Å². The molecule has 0 aromatic heterocycles. The van der Waals surface area contributed by atoms with E-state index in [1.165, 1.54) is 51.6 Å². The van der Waals surface area contributed by atoms with E-state index >= 15 is 0 Å². The van der Waals surface area contributed by atoms with Crippen LogP contribution >= 0.6 is 0 Å². The Kier molecular flexibility index (Phi) is 5.46. The van der Waals surface area contributed by atoms with Crippen molar-refractivity contribution in [3.8, 4) is 0 Å². The third kappa shape index (κ3) is 3.69. The smallest absolute Gasteiger partial charge is 0.0724 e. The summed E-state index contributed by atoms with van der Waals surface area (Å²) < 4.78 is 5.58. The lowest BCUT2D eigenvalue weighted by Gasteiger charge is -2.27. The van der Waals surface area contributed by atoms with E-state index in [4.69, 9.17) is 4.74 Å². The minimum Gasteiger partial charge on any atom is -0.380 e. The fourth-order valence-electron chi connectivity index (χ4n) is 3.50. The molecule has 0 radical (unpaired) electrons. The molecule has 0 amide bonds. The summed E-state index contributed by atoms with van der Waals surface area (Å²) in [6.45, 7) is 7.14. The molecule has 0 bridgehead atoms. The Morgan fingerprint density at radius 1 is 1.06 bits per heavy atom. The molecule has 2 rings (SSSR count). The van der Waals surface area contributed by atoms with Crippen LogP contribution < -0.4 is 5.32 Å². The van der Waals surface area contributed by atoms with Gasteiger partial charge < -0.3 is 15.0 Å². The zero-order chi connectivity index (χ0) is 13.0. The van der Waals surface area contributed by atoms with Crippen molar-refractivity contribution in [2.45, 2.75) is 76.6 Å². The highest BCUT2D eigenvalue weighted by molar-refractivity contribution is 4.88. The molecule has 0 aromatic rings. The van der Waals surface area contributed by atoms with Gasteiger partial charge in [0.15, 0.2) is 0 Å². The maximum atomic E-state index is 5.58. The minimum atomic E-state index is 0.453. The Bertz CT molecular complexity index is 245. The van der Waals surface area contributed by atoms with Crippen molar-refractivity contribution in [2.75, 3.05) is 20.2 Å². The summed E-state index contributed by atoms with van der Waals surface area (Å²) in [5.74, 6) is 0.